The lowest BCUT2D eigenvalue weighted by molar-refractivity contribution is -0.114. The van der Waals surface area contributed by atoms with Gasteiger partial charge in [0.25, 0.3) is 0 Å². The predicted octanol–water partition coefficient (Wildman–Crippen LogP) is 4.63. The van der Waals surface area contributed by atoms with E-state index in [-0.39, 0.29) is 5.91 Å². The molecule has 7 heteroatoms. The summed E-state index contributed by atoms with van der Waals surface area (Å²) in [5.41, 5.74) is 3.22. The zero-order valence-electron chi connectivity index (χ0n) is 16.1. The Bertz CT molecular complexity index is 957. The van der Waals surface area contributed by atoms with Crippen molar-refractivity contribution in [3.05, 3.63) is 60.3 Å². The van der Waals surface area contributed by atoms with Gasteiger partial charge in [-0.3, -0.25) is 4.79 Å². The maximum Gasteiger partial charge on any atom is 0.229 e. The fourth-order valence-electron chi connectivity index (χ4n) is 2.65. The lowest BCUT2D eigenvalue weighted by Gasteiger charge is -2.13. The molecule has 3 aromatic rings. The third-order valence-corrected chi connectivity index (χ3v) is 3.77. The molecule has 0 aliphatic heterocycles. The first-order valence-electron chi connectivity index (χ1n) is 9.02. The number of hydrogen-bond acceptors (Lipinski definition) is 6. The van der Waals surface area contributed by atoms with Crippen LogP contribution in [0.2, 0.25) is 0 Å². The van der Waals surface area contributed by atoms with Gasteiger partial charge in [-0.1, -0.05) is 12.1 Å². The highest BCUT2D eigenvalue weighted by Crippen LogP contribution is 2.27. The molecule has 3 rings (SSSR count). The van der Waals surface area contributed by atoms with Gasteiger partial charge in [0.1, 0.15) is 11.6 Å². The first-order chi connectivity index (χ1) is 13.5. The molecule has 7 nitrogen and oxygen atoms in total. The van der Waals surface area contributed by atoms with Gasteiger partial charge in [0.05, 0.1) is 12.3 Å². The van der Waals surface area contributed by atoms with E-state index in [1.165, 1.54) is 6.92 Å². The van der Waals surface area contributed by atoms with Crippen molar-refractivity contribution in [2.75, 3.05) is 22.6 Å². The number of benzene rings is 2. The van der Waals surface area contributed by atoms with Crippen molar-refractivity contribution in [2.45, 2.75) is 20.8 Å². The molecule has 0 saturated heterocycles. The van der Waals surface area contributed by atoms with Gasteiger partial charge in [-0.2, -0.15) is 4.98 Å². The van der Waals surface area contributed by atoms with Crippen LogP contribution in [0.25, 0.3) is 0 Å². The fourth-order valence-corrected chi connectivity index (χ4v) is 2.65. The highest BCUT2D eigenvalue weighted by molar-refractivity contribution is 5.88. The molecule has 3 N–H and O–H groups in total. The SMILES string of the molecule is CCOc1ccccc1Nc1cc(C)nc(Nc2ccc(NC(C)=O)cc2)n1. The van der Waals surface area contributed by atoms with Crippen molar-refractivity contribution in [1.82, 2.24) is 9.97 Å². The molecule has 0 radical (unpaired) electrons. The molecular formula is C21H23N5O2. The average molecular weight is 377 g/mol. The molecule has 0 aliphatic rings. The monoisotopic (exact) mass is 377 g/mol. The smallest absolute Gasteiger partial charge is 0.229 e. The summed E-state index contributed by atoms with van der Waals surface area (Å²) in [6.45, 7) is 5.92. The van der Waals surface area contributed by atoms with Gasteiger partial charge in [0.2, 0.25) is 11.9 Å². The van der Waals surface area contributed by atoms with Crippen molar-refractivity contribution in [1.29, 1.82) is 0 Å². The first-order valence-corrected chi connectivity index (χ1v) is 9.02. The van der Waals surface area contributed by atoms with Crippen LogP contribution >= 0.6 is 0 Å². The number of aromatic nitrogens is 2. The summed E-state index contributed by atoms with van der Waals surface area (Å²) in [6, 6.07) is 16.9. The summed E-state index contributed by atoms with van der Waals surface area (Å²) in [5, 5.41) is 9.21. The van der Waals surface area contributed by atoms with Crippen LogP contribution in [0.3, 0.4) is 0 Å². The molecule has 1 aromatic heterocycles. The van der Waals surface area contributed by atoms with E-state index in [9.17, 15) is 4.79 Å². The number of carbonyl (C=O) groups excluding carboxylic acids is 1. The Kier molecular flexibility index (Phi) is 6.06. The third kappa shape index (κ3) is 5.20. The molecule has 144 valence electrons. The molecule has 0 bridgehead atoms. The highest BCUT2D eigenvalue weighted by atomic mass is 16.5. The van der Waals surface area contributed by atoms with Crippen molar-refractivity contribution in [3.63, 3.8) is 0 Å². The van der Waals surface area contributed by atoms with E-state index >= 15 is 0 Å². The lowest BCUT2D eigenvalue weighted by atomic mass is 10.2. The summed E-state index contributed by atoms with van der Waals surface area (Å²) in [4.78, 5) is 20.1. The second kappa shape index (κ2) is 8.85. The standard InChI is InChI=1S/C21H23N5O2/c1-4-28-19-8-6-5-7-18(19)25-20-13-14(2)22-21(26-20)24-17-11-9-16(10-12-17)23-15(3)27/h5-13H,4H2,1-3H3,(H,23,27)(H2,22,24,25,26). The Morgan fingerprint density at radius 3 is 2.43 bits per heavy atom. The zero-order chi connectivity index (χ0) is 19.9. The minimum Gasteiger partial charge on any atom is -0.492 e. The third-order valence-electron chi connectivity index (χ3n) is 3.77. The Balaban J connectivity index is 1.77. The van der Waals surface area contributed by atoms with Crippen molar-refractivity contribution >= 4 is 34.7 Å². The number of ether oxygens (including phenoxy) is 1. The number of para-hydroxylation sites is 2. The van der Waals surface area contributed by atoms with E-state index < -0.39 is 0 Å². The van der Waals surface area contributed by atoms with Crippen LogP contribution < -0.4 is 20.7 Å². The topological polar surface area (TPSA) is 88.2 Å². The van der Waals surface area contributed by atoms with Gasteiger partial charge in [0, 0.05) is 30.1 Å². The van der Waals surface area contributed by atoms with E-state index in [1.807, 2.05) is 68.4 Å². The molecule has 0 fully saturated rings. The molecule has 0 spiro atoms. The summed E-state index contributed by atoms with van der Waals surface area (Å²) in [6.07, 6.45) is 0. The molecule has 28 heavy (non-hydrogen) atoms. The molecule has 2 aromatic carbocycles. The number of rotatable bonds is 7. The van der Waals surface area contributed by atoms with Crippen LogP contribution in [0.4, 0.5) is 28.8 Å². The van der Waals surface area contributed by atoms with E-state index in [1.54, 1.807) is 0 Å². The largest absolute Gasteiger partial charge is 0.492 e. The van der Waals surface area contributed by atoms with Crippen LogP contribution in [0.15, 0.2) is 54.6 Å². The maximum absolute atomic E-state index is 11.1. The number of nitrogens with one attached hydrogen (secondary N) is 3. The zero-order valence-corrected chi connectivity index (χ0v) is 16.1. The Morgan fingerprint density at radius 2 is 1.71 bits per heavy atom. The number of amides is 1. The normalized spacial score (nSPS) is 10.2. The van der Waals surface area contributed by atoms with Crippen molar-refractivity contribution < 1.29 is 9.53 Å². The second-order valence-corrected chi connectivity index (χ2v) is 6.16. The number of anilines is 5. The summed E-state index contributed by atoms with van der Waals surface area (Å²) in [5.74, 6) is 1.80. The average Bonchev–Trinajstić information content (AvgIpc) is 2.64. The van der Waals surface area contributed by atoms with E-state index in [0.717, 1.165) is 28.5 Å². The van der Waals surface area contributed by atoms with Crippen LogP contribution in [0, 0.1) is 6.92 Å². The lowest BCUT2D eigenvalue weighted by Crippen LogP contribution is -2.06. The Labute approximate surface area is 164 Å². The minimum atomic E-state index is -0.106. The Hall–Kier alpha value is -3.61. The summed E-state index contributed by atoms with van der Waals surface area (Å²) < 4.78 is 5.65. The quantitative estimate of drug-likeness (QED) is 0.556. The molecule has 1 heterocycles. The van der Waals surface area contributed by atoms with Crippen LogP contribution in [-0.2, 0) is 4.79 Å². The molecule has 0 saturated carbocycles. The van der Waals surface area contributed by atoms with Gasteiger partial charge in [-0.25, -0.2) is 4.98 Å². The van der Waals surface area contributed by atoms with Gasteiger partial charge in [-0.05, 0) is 50.2 Å². The predicted molar refractivity (Wildman–Crippen MR) is 112 cm³/mol. The molecule has 0 unspecified atom stereocenters. The second-order valence-electron chi connectivity index (χ2n) is 6.16. The number of carbonyl (C=O) groups is 1. The van der Waals surface area contributed by atoms with Gasteiger partial charge in [-0.15, -0.1) is 0 Å². The number of aryl methyl sites for hydroxylation is 1. The van der Waals surface area contributed by atoms with Crippen LogP contribution in [-0.4, -0.2) is 22.5 Å². The first kappa shape index (κ1) is 19.2. The number of nitrogens with zero attached hydrogens (tertiary/aromatic N) is 2. The molecule has 0 aliphatic carbocycles. The summed E-state index contributed by atoms with van der Waals surface area (Å²) >= 11 is 0. The Morgan fingerprint density at radius 1 is 1.00 bits per heavy atom. The summed E-state index contributed by atoms with van der Waals surface area (Å²) in [7, 11) is 0. The van der Waals surface area contributed by atoms with E-state index in [0.29, 0.717) is 18.4 Å². The molecule has 0 atom stereocenters. The van der Waals surface area contributed by atoms with Gasteiger partial charge >= 0.3 is 0 Å². The fraction of sp³-hybridized carbons (Fsp3) is 0.190. The minimum absolute atomic E-state index is 0.106. The van der Waals surface area contributed by atoms with Gasteiger partial charge in [0.15, 0.2) is 0 Å². The number of hydrogen-bond donors (Lipinski definition) is 3. The highest BCUT2D eigenvalue weighted by Gasteiger charge is 2.07. The van der Waals surface area contributed by atoms with Crippen LogP contribution in [0.1, 0.15) is 19.5 Å². The molecule has 1 amide bonds. The van der Waals surface area contributed by atoms with Gasteiger partial charge < -0.3 is 20.7 Å². The van der Waals surface area contributed by atoms with E-state index in [4.69, 9.17) is 4.74 Å². The van der Waals surface area contributed by atoms with E-state index in [2.05, 4.69) is 25.9 Å². The van der Waals surface area contributed by atoms with Crippen molar-refractivity contribution in [3.8, 4) is 5.75 Å². The van der Waals surface area contributed by atoms with Crippen LogP contribution in [0.5, 0.6) is 5.75 Å². The van der Waals surface area contributed by atoms with Crippen molar-refractivity contribution in [2.24, 2.45) is 0 Å². The maximum atomic E-state index is 11.1. The molecular weight excluding hydrogens is 354 g/mol.